The maximum Gasteiger partial charge on any atom is 0.397 e. The Morgan fingerprint density at radius 1 is 1.26 bits per heavy atom. The summed E-state index contributed by atoms with van der Waals surface area (Å²) in [5, 5.41) is 0. The van der Waals surface area contributed by atoms with Crippen LogP contribution >= 0.6 is 17.2 Å². The normalized spacial score (nSPS) is 24.2. The maximum absolute atomic E-state index is 5.81. The van der Waals surface area contributed by atoms with Crippen LogP contribution in [0, 0.1) is 5.41 Å². The van der Waals surface area contributed by atoms with Gasteiger partial charge in [0.2, 0.25) is 0 Å². The summed E-state index contributed by atoms with van der Waals surface area (Å²) < 4.78 is 33.8. The number of benzene rings is 1. The van der Waals surface area contributed by atoms with Crippen LogP contribution in [-0.4, -0.2) is 26.9 Å². The molecule has 1 aliphatic rings. The van der Waals surface area contributed by atoms with Crippen molar-refractivity contribution in [3.05, 3.63) is 67.0 Å². The number of para-hydroxylation sites is 1. The topological polar surface area (TPSA) is 55.4 Å². The molecule has 1 aliphatic heterocycles. The zero-order valence-electron chi connectivity index (χ0n) is 15.9. The Morgan fingerprint density at radius 2 is 1.96 bits per heavy atom. The Hall–Kier alpha value is -1.26. The Labute approximate surface area is 163 Å². The van der Waals surface area contributed by atoms with Crippen molar-refractivity contribution in [2.24, 2.45) is 5.41 Å². The predicted octanol–water partition coefficient (Wildman–Crippen LogP) is 5.90. The average molecular weight is 412 g/mol. The third-order valence-electron chi connectivity index (χ3n) is 3.40. The molecule has 148 valence electrons. The molecular formula is C19H26O6P2. The molecule has 1 aromatic carbocycles. The van der Waals surface area contributed by atoms with E-state index in [0.717, 1.165) is 0 Å². The maximum atomic E-state index is 5.81. The highest BCUT2D eigenvalue weighted by atomic mass is 31.2. The fraction of sp³-hybridized carbons (Fsp3) is 0.368. The van der Waals surface area contributed by atoms with E-state index in [1.54, 1.807) is 13.2 Å². The van der Waals surface area contributed by atoms with Crippen molar-refractivity contribution in [3.8, 4) is 5.75 Å². The van der Waals surface area contributed by atoms with E-state index in [2.05, 4.69) is 6.58 Å². The molecular weight excluding hydrogens is 386 g/mol. The first-order chi connectivity index (χ1) is 13.0. The average Bonchev–Trinajstić information content (AvgIpc) is 2.68. The fourth-order valence-corrected chi connectivity index (χ4v) is 4.13. The van der Waals surface area contributed by atoms with E-state index in [0.29, 0.717) is 31.3 Å². The Bertz CT molecular complexity index is 626. The summed E-state index contributed by atoms with van der Waals surface area (Å²) >= 11 is 0. The second-order valence-electron chi connectivity index (χ2n) is 6.11. The van der Waals surface area contributed by atoms with E-state index >= 15 is 0 Å². The van der Waals surface area contributed by atoms with Crippen molar-refractivity contribution in [1.29, 1.82) is 0 Å². The van der Waals surface area contributed by atoms with Gasteiger partial charge in [-0.15, -0.1) is 0 Å². The van der Waals surface area contributed by atoms with Gasteiger partial charge in [-0.25, -0.2) is 0 Å². The van der Waals surface area contributed by atoms with Crippen LogP contribution in [0.5, 0.6) is 5.75 Å². The van der Waals surface area contributed by atoms with Crippen molar-refractivity contribution >= 4 is 17.2 Å². The number of hydrogen-bond donors (Lipinski definition) is 0. The number of allylic oxidation sites excluding steroid dienone is 4. The molecule has 0 aliphatic carbocycles. The molecule has 1 aromatic rings. The number of rotatable bonds is 10. The summed E-state index contributed by atoms with van der Waals surface area (Å²) in [5.74, 6) is 1.20. The molecule has 8 heteroatoms. The molecule has 2 rings (SSSR count). The van der Waals surface area contributed by atoms with Crippen LogP contribution in [0.15, 0.2) is 67.0 Å². The lowest BCUT2D eigenvalue weighted by atomic mass is 9.95. The second kappa shape index (κ2) is 11.6. The van der Waals surface area contributed by atoms with Gasteiger partial charge >= 0.3 is 17.2 Å². The molecule has 27 heavy (non-hydrogen) atoms. The zero-order valence-corrected chi connectivity index (χ0v) is 17.7. The lowest BCUT2D eigenvalue weighted by molar-refractivity contribution is -0.00705. The van der Waals surface area contributed by atoms with E-state index in [1.165, 1.54) is 0 Å². The van der Waals surface area contributed by atoms with Gasteiger partial charge in [0.15, 0.2) is 0 Å². The summed E-state index contributed by atoms with van der Waals surface area (Å²) in [7, 11) is -1.38. The van der Waals surface area contributed by atoms with Crippen LogP contribution in [0.2, 0.25) is 0 Å². The van der Waals surface area contributed by atoms with Gasteiger partial charge in [-0.1, -0.05) is 49.9 Å². The lowest BCUT2D eigenvalue weighted by Gasteiger charge is -2.35. The smallest absolute Gasteiger partial charge is 0.397 e. The monoisotopic (exact) mass is 412 g/mol. The van der Waals surface area contributed by atoms with Gasteiger partial charge in [-0.05, 0) is 25.1 Å². The minimum atomic E-state index is -1.49. The molecule has 0 radical (unpaired) electrons. The van der Waals surface area contributed by atoms with Crippen molar-refractivity contribution in [1.82, 2.24) is 0 Å². The summed E-state index contributed by atoms with van der Waals surface area (Å²) in [6, 6.07) is 9.42. The summed E-state index contributed by atoms with van der Waals surface area (Å²) in [6.07, 6.45) is 7.42. The molecule has 1 unspecified atom stereocenters. The van der Waals surface area contributed by atoms with Gasteiger partial charge in [-0.2, -0.15) is 0 Å². The highest BCUT2D eigenvalue weighted by Crippen LogP contribution is 2.49. The van der Waals surface area contributed by atoms with E-state index < -0.39 is 17.2 Å². The van der Waals surface area contributed by atoms with Crippen molar-refractivity contribution in [2.45, 2.75) is 13.8 Å². The van der Waals surface area contributed by atoms with Gasteiger partial charge in [-0.3, -0.25) is 0 Å². The Kier molecular flexibility index (Phi) is 9.43. The molecule has 1 saturated heterocycles. The molecule has 0 saturated carbocycles. The van der Waals surface area contributed by atoms with Crippen LogP contribution < -0.4 is 4.52 Å². The third-order valence-corrected chi connectivity index (χ3v) is 5.47. The first-order valence-corrected chi connectivity index (χ1v) is 10.7. The van der Waals surface area contributed by atoms with E-state index in [1.807, 2.05) is 62.4 Å². The van der Waals surface area contributed by atoms with E-state index in [9.17, 15) is 0 Å². The van der Waals surface area contributed by atoms with Crippen molar-refractivity contribution in [3.63, 3.8) is 0 Å². The molecule has 1 heterocycles. The van der Waals surface area contributed by atoms with Crippen molar-refractivity contribution in [2.75, 3.05) is 26.9 Å². The van der Waals surface area contributed by atoms with Crippen molar-refractivity contribution < 1.29 is 27.1 Å². The fourth-order valence-electron chi connectivity index (χ4n) is 1.92. The molecule has 1 fully saturated rings. The minimum absolute atomic E-state index is 0.316. The summed E-state index contributed by atoms with van der Waals surface area (Å²) in [5.41, 5.74) is -0.316. The lowest BCUT2D eigenvalue weighted by Crippen LogP contribution is -2.36. The molecule has 0 bridgehead atoms. The Balaban J connectivity index is 1.75. The van der Waals surface area contributed by atoms with Gasteiger partial charge in [0.05, 0.1) is 19.8 Å². The molecule has 0 amide bonds. The van der Waals surface area contributed by atoms with Gasteiger partial charge in [0, 0.05) is 12.5 Å². The number of hydrogen-bond acceptors (Lipinski definition) is 6. The first-order valence-electron chi connectivity index (χ1n) is 8.47. The standard InChI is InChI=1S/C19H26O6P2/c1-5-6-8-11-17(2)24-27-22-15-19(3,16-23-27)14-21-26(20-4)25-18-12-9-7-10-13-18/h5-13H,2,14-16H2,1,3-4H3/b6-5-,11-8-. The van der Waals surface area contributed by atoms with E-state index in [-0.39, 0.29) is 5.41 Å². The molecule has 0 spiro atoms. The molecule has 6 nitrogen and oxygen atoms in total. The zero-order chi connectivity index (χ0) is 19.5. The predicted molar refractivity (Wildman–Crippen MR) is 108 cm³/mol. The quantitative estimate of drug-likeness (QED) is 0.271. The van der Waals surface area contributed by atoms with Crippen LogP contribution in [0.25, 0.3) is 0 Å². The summed E-state index contributed by atoms with van der Waals surface area (Å²) in [6.45, 7) is 9.06. The first kappa shape index (κ1) is 22.0. The van der Waals surface area contributed by atoms with Gasteiger partial charge in [0.25, 0.3) is 0 Å². The van der Waals surface area contributed by atoms with Crippen LogP contribution in [0.1, 0.15) is 13.8 Å². The minimum Gasteiger partial charge on any atom is -0.427 e. The van der Waals surface area contributed by atoms with Crippen LogP contribution in [0.3, 0.4) is 0 Å². The summed E-state index contributed by atoms with van der Waals surface area (Å²) in [4.78, 5) is 0. The van der Waals surface area contributed by atoms with Gasteiger partial charge in [0.1, 0.15) is 11.5 Å². The Morgan fingerprint density at radius 3 is 2.59 bits per heavy atom. The molecule has 0 aromatic heterocycles. The molecule has 0 N–H and O–H groups in total. The van der Waals surface area contributed by atoms with Gasteiger partial charge < -0.3 is 27.1 Å². The second-order valence-corrected chi connectivity index (χ2v) is 8.51. The van der Waals surface area contributed by atoms with E-state index in [4.69, 9.17) is 27.1 Å². The highest BCUT2D eigenvalue weighted by molar-refractivity contribution is 7.42. The SMILES string of the molecule is C=C(/C=C\C=C/C)OP1OCC(C)(COP(OC)Oc2ccccc2)CO1. The highest BCUT2D eigenvalue weighted by Gasteiger charge is 2.36. The molecule has 1 atom stereocenters. The van der Waals surface area contributed by atoms with Crippen LogP contribution in [-0.2, 0) is 22.6 Å². The largest absolute Gasteiger partial charge is 0.427 e. The third kappa shape index (κ3) is 8.10. The van der Waals surface area contributed by atoms with Crippen LogP contribution in [0.4, 0.5) is 0 Å².